The number of hydrogen-bond acceptors (Lipinski definition) is 6. The van der Waals surface area contributed by atoms with Crippen LogP contribution in [0, 0.1) is 0 Å². The van der Waals surface area contributed by atoms with Crippen molar-refractivity contribution in [2.45, 2.75) is 6.54 Å². The van der Waals surface area contributed by atoms with Crippen LogP contribution in [0.3, 0.4) is 0 Å². The van der Waals surface area contributed by atoms with E-state index in [-0.39, 0.29) is 0 Å². The van der Waals surface area contributed by atoms with Crippen molar-refractivity contribution in [3.8, 4) is 22.8 Å². The minimum Gasteiger partial charge on any atom is -0.493 e. The molecule has 0 fully saturated rings. The normalized spacial score (nSPS) is 11.1. The van der Waals surface area contributed by atoms with Gasteiger partial charge in [-0.05, 0) is 42.0 Å². The average molecular weight is 446 g/mol. The van der Waals surface area contributed by atoms with Crippen molar-refractivity contribution in [2.24, 2.45) is 0 Å². The molecule has 0 aliphatic rings. The van der Waals surface area contributed by atoms with Crippen LogP contribution in [-0.4, -0.2) is 34.0 Å². The Morgan fingerprint density at radius 1 is 0.938 bits per heavy atom. The van der Waals surface area contributed by atoms with Gasteiger partial charge >= 0.3 is 0 Å². The van der Waals surface area contributed by atoms with Gasteiger partial charge in [0.05, 0.1) is 19.7 Å². The van der Waals surface area contributed by atoms with E-state index in [1.165, 1.54) is 0 Å². The van der Waals surface area contributed by atoms with E-state index in [1.807, 2.05) is 66.7 Å². The molecule has 5 aromatic rings. The van der Waals surface area contributed by atoms with Gasteiger partial charge in [0, 0.05) is 22.5 Å². The smallest absolute Gasteiger partial charge is 0.186 e. The topological polar surface area (TPSA) is 73.6 Å². The molecule has 1 N–H and O–H groups in total. The number of para-hydroxylation sites is 1. The van der Waals surface area contributed by atoms with Crippen LogP contribution < -0.4 is 14.8 Å². The summed E-state index contributed by atoms with van der Waals surface area (Å²) in [5.41, 5.74) is 4.14. The monoisotopic (exact) mass is 445 g/mol. The second kappa shape index (κ2) is 8.36. The second-order valence-corrected chi connectivity index (χ2v) is 7.64. The van der Waals surface area contributed by atoms with Crippen molar-refractivity contribution in [1.82, 2.24) is 19.8 Å². The molecule has 8 heteroatoms. The molecule has 0 aliphatic carbocycles. The summed E-state index contributed by atoms with van der Waals surface area (Å²) in [6.07, 6.45) is 0. The SMILES string of the molecule is COc1ccc(CNc2nc3c(-c4cccc(Cl)c4)nnn3c3ccccc23)cc1OC. The zero-order valence-corrected chi connectivity index (χ0v) is 18.3. The molecule has 0 saturated carbocycles. The molecule has 3 aromatic carbocycles. The largest absolute Gasteiger partial charge is 0.493 e. The van der Waals surface area contributed by atoms with Crippen molar-refractivity contribution in [3.63, 3.8) is 0 Å². The van der Waals surface area contributed by atoms with Gasteiger partial charge in [0.2, 0.25) is 0 Å². The average Bonchev–Trinajstić information content (AvgIpc) is 3.26. The van der Waals surface area contributed by atoms with Crippen LogP contribution in [0.5, 0.6) is 11.5 Å². The zero-order valence-electron chi connectivity index (χ0n) is 17.5. The third-order valence-electron chi connectivity index (χ3n) is 5.26. The third kappa shape index (κ3) is 3.56. The maximum Gasteiger partial charge on any atom is 0.186 e. The number of anilines is 1. The van der Waals surface area contributed by atoms with E-state index < -0.39 is 0 Å². The molecule has 0 amide bonds. The molecule has 0 radical (unpaired) electrons. The number of hydrogen-bond donors (Lipinski definition) is 1. The molecule has 0 saturated heterocycles. The van der Waals surface area contributed by atoms with Crippen molar-refractivity contribution in [3.05, 3.63) is 77.3 Å². The minimum absolute atomic E-state index is 0.557. The summed E-state index contributed by atoms with van der Waals surface area (Å²) in [4.78, 5) is 4.89. The van der Waals surface area contributed by atoms with E-state index in [0.29, 0.717) is 34.4 Å². The summed E-state index contributed by atoms with van der Waals surface area (Å²) < 4.78 is 12.5. The Kier molecular flexibility index (Phi) is 5.25. The molecule has 5 rings (SSSR count). The zero-order chi connectivity index (χ0) is 22.1. The van der Waals surface area contributed by atoms with Crippen molar-refractivity contribution in [2.75, 3.05) is 19.5 Å². The van der Waals surface area contributed by atoms with Crippen LogP contribution in [0.2, 0.25) is 5.02 Å². The number of rotatable bonds is 6. The molecule has 0 aliphatic heterocycles. The van der Waals surface area contributed by atoms with Gasteiger partial charge in [0.15, 0.2) is 17.1 Å². The first-order valence-electron chi connectivity index (χ1n) is 10.0. The first-order chi connectivity index (χ1) is 15.7. The fourth-order valence-corrected chi connectivity index (χ4v) is 3.89. The number of benzene rings is 3. The highest BCUT2D eigenvalue weighted by Crippen LogP contribution is 2.30. The lowest BCUT2D eigenvalue weighted by Gasteiger charge is -2.12. The van der Waals surface area contributed by atoms with Gasteiger partial charge < -0.3 is 14.8 Å². The predicted octanol–water partition coefficient (Wildman–Crippen LogP) is 5.23. The first kappa shape index (κ1) is 20.1. The molecule has 0 unspecified atom stereocenters. The second-order valence-electron chi connectivity index (χ2n) is 7.20. The Morgan fingerprint density at radius 3 is 2.59 bits per heavy atom. The van der Waals surface area contributed by atoms with Crippen LogP contribution in [-0.2, 0) is 6.54 Å². The number of aromatic nitrogens is 4. The standard InChI is InChI=1S/C24H20ClN5O2/c1-31-20-11-10-15(12-21(20)32-2)14-26-23-18-8-3-4-9-19(18)30-24(27-23)22(28-29-30)16-6-5-7-17(25)13-16/h3-13H,14H2,1-2H3,(H,26,27). The van der Waals surface area contributed by atoms with Gasteiger partial charge in [-0.15, -0.1) is 5.10 Å². The molecule has 2 aromatic heterocycles. The summed E-state index contributed by atoms with van der Waals surface area (Å²) in [5, 5.41) is 13.8. The van der Waals surface area contributed by atoms with Crippen molar-refractivity contribution < 1.29 is 9.47 Å². The molecule has 160 valence electrons. The van der Waals surface area contributed by atoms with E-state index in [1.54, 1.807) is 18.7 Å². The van der Waals surface area contributed by atoms with Gasteiger partial charge in [-0.3, -0.25) is 0 Å². The summed E-state index contributed by atoms with van der Waals surface area (Å²) in [6.45, 7) is 0.557. The van der Waals surface area contributed by atoms with Crippen LogP contribution in [0.1, 0.15) is 5.56 Å². The number of methoxy groups -OCH3 is 2. The Labute approximate surface area is 189 Å². The number of halogens is 1. The predicted molar refractivity (Wildman–Crippen MR) is 126 cm³/mol. The van der Waals surface area contributed by atoms with Gasteiger partial charge in [0.1, 0.15) is 11.5 Å². The van der Waals surface area contributed by atoms with Crippen LogP contribution in [0.15, 0.2) is 66.7 Å². The fraction of sp³-hybridized carbons (Fsp3) is 0.125. The molecule has 0 bridgehead atoms. The number of fused-ring (bicyclic) bond motifs is 3. The molecule has 7 nitrogen and oxygen atoms in total. The highest BCUT2D eigenvalue weighted by atomic mass is 35.5. The van der Waals surface area contributed by atoms with E-state index in [0.717, 1.165) is 27.8 Å². The lowest BCUT2D eigenvalue weighted by Crippen LogP contribution is -2.05. The van der Waals surface area contributed by atoms with Gasteiger partial charge in [-0.2, -0.15) is 4.52 Å². The van der Waals surface area contributed by atoms with Crippen molar-refractivity contribution >= 4 is 34.0 Å². The maximum atomic E-state index is 6.20. The van der Waals surface area contributed by atoms with Crippen LogP contribution >= 0.6 is 11.6 Å². The maximum absolute atomic E-state index is 6.20. The molecule has 0 atom stereocenters. The summed E-state index contributed by atoms with van der Waals surface area (Å²) >= 11 is 6.20. The highest BCUT2D eigenvalue weighted by Gasteiger charge is 2.16. The van der Waals surface area contributed by atoms with Gasteiger partial charge in [-0.1, -0.05) is 47.1 Å². The number of nitrogens with one attached hydrogen (secondary N) is 1. The summed E-state index contributed by atoms with van der Waals surface area (Å²) in [5.74, 6) is 2.12. The fourth-order valence-electron chi connectivity index (χ4n) is 3.70. The Balaban J connectivity index is 1.58. The summed E-state index contributed by atoms with van der Waals surface area (Å²) in [6, 6.07) is 21.3. The van der Waals surface area contributed by atoms with Gasteiger partial charge in [0.25, 0.3) is 0 Å². The Hall–Kier alpha value is -3.84. The first-order valence-corrected chi connectivity index (χ1v) is 10.4. The molecule has 32 heavy (non-hydrogen) atoms. The van der Waals surface area contributed by atoms with E-state index in [2.05, 4.69) is 15.6 Å². The number of nitrogens with zero attached hydrogens (tertiary/aromatic N) is 4. The quantitative estimate of drug-likeness (QED) is 0.386. The molecule has 0 spiro atoms. The lowest BCUT2D eigenvalue weighted by atomic mass is 10.1. The minimum atomic E-state index is 0.557. The van der Waals surface area contributed by atoms with Crippen LogP contribution in [0.4, 0.5) is 5.82 Å². The third-order valence-corrected chi connectivity index (χ3v) is 5.49. The number of ether oxygens (including phenoxy) is 2. The molecule has 2 heterocycles. The Bertz CT molecular complexity index is 1430. The van der Waals surface area contributed by atoms with E-state index >= 15 is 0 Å². The van der Waals surface area contributed by atoms with Crippen molar-refractivity contribution in [1.29, 1.82) is 0 Å². The van der Waals surface area contributed by atoms with E-state index in [9.17, 15) is 0 Å². The highest BCUT2D eigenvalue weighted by molar-refractivity contribution is 6.30. The van der Waals surface area contributed by atoms with E-state index in [4.69, 9.17) is 26.1 Å². The molecular weight excluding hydrogens is 426 g/mol. The van der Waals surface area contributed by atoms with Gasteiger partial charge in [-0.25, -0.2) is 4.98 Å². The summed E-state index contributed by atoms with van der Waals surface area (Å²) in [7, 11) is 3.25. The Morgan fingerprint density at radius 2 is 1.78 bits per heavy atom. The lowest BCUT2D eigenvalue weighted by molar-refractivity contribution is 0.354. The molecular formula is C24H20ClN5O2. The van der Waals surface area contributed by atoms with Crippen LogP contribution in [0.25, 0.3) is 27.8 Å².